The molecule has 1 aliphatic heterocycles. The third kappa shape index (κ3) is 2.49. The van der Waals surface area contributed by atoms with Crippen molar-refractivity contribution in [1.82, 2.24) is 15.4 Å². The molecule has 0 radical (unpaired) electrons. The van der Waals surface area contributed by atoms with Gasteiger partial charge in [0.05, 0.1) is 16.8 Å². The zero-order valence-electron chi connectivity index (χ0n) is 13.4. The summed E-state index contributed by atoms with van der Waals surface area (Å²) < 4.78 is 13.6. The van der Waals surface area contributed by atoms with Crippen molar-refractivity contribution < 1.29 is 9.23 Å². The third-order valence-electron chi connectivity index (χ3n) is 4.38. The first-order valence-corrected chi connectivity index (χ1v) is 7.88. The molecule has 126 valence electrons. The van der Waals surface area contributed by atoms with Crippen molar-refractivity contribution in [3.63, 3.8) is 0 Å². The van der Waals surface area contributed by atoms with Crippen LogP contribution in [-0.2, 0) is 10.5 Å². The van der Waals surface area contributed by atoms with E-state index in [9.17, 15) is 9.18 Å². The molecule has 0 aliphatic carbocycles. The molecule has 2 aromatic heterocycles. The summed E-state index contributed by atoms with van der Waals surface area (Å²) in [4.78, 5) is 29.2. The van der Waals surface area contributed by atoms with E-state index in [1.54, 1.807) is 30.5 Å². The van der Waals surface area contributed by atoms with Crippen molar-refractivity contribution >= 4 is 17.3 Å². The SMILES string of the molecule is CCC1(c2cc3c(-c4cccc(F)c4)nccc3[nH]c2=O)N=CON1. The zero-order valence-corrected chi connectivity index (χ0v) is 13.4. The zero-order chi connectivity index (χ0) is 17.4. The van der Waals surface area contributed by atoms with Gasteiger partial charge in [-0.15, -0.1) is 5.48 Å². The van der Waals surface area contributed by atoms with Crippen LogP contribution in [0, 0.1) is 5.82 Å². The number of H-pyrrole nitrogens is 1. The van der Waals surface area contributed by atoms with E-state index in [-0.39, 0.29) is 11.4 Å². The van der Waals surface area contributed by atoms with Gasteiger partial charge in [0.2, 0.25) is 0 Å². The first-order chi connectivity index (χ1) is 12.1. The van der Waals surface area contributed by atoms with Crippen molar-refractivity contribution in [3.05, 3.63) is 64.3 Å². The molecule has 3 heterocycles. The number of hydrogen-bond donors (Lipinski definition) is 2. The molecule has 7 heteroatoms. The van der Waals surface area contributed by atoms with Crippen LogP contribution in [0.1, 0.15) is 18.9 Å². The van der Waals surface area contributed by atoms with Crippen molar-refractivity contribution in [1.29, 1.82) is 0 Å². The number of aromatic nitrogens is 2. The second-order valence-electron chi connectivity index (χ2n) is 5.81. The Morgan fingerprint density at radius 2 is 2.16 bits per heavy atom. The van der Waals surface area contributed by atoms with Gasteiger partial charge in [-0.25, -0.2) is 9.38 Å². The summed E-state index contributed by atoms with van der Waals surface area (Å²) >= 11 is 0. The van der Waals surface area contributed by atoms with Crippen molar-refractivity contribution in [2.24, 2.45) is 4.99 Å². The normalized spacial score (nSPS) is 19.3. The lowest BCUT2D eigenvalue weighted by atomic mass is 9.96. The quantitative estimate of drug-likeness (QED) is 0.770. The maximum absolute atomic E-state index is 13.6. The lowest BCUT2D eigenvalue weighted by Crippen LogP contribution is -2.40. The summed E-state index contributed by atoms with van der Waals surface area (Å²) in [6.07, 6.45) is 3.39. The number of aliphatic imine (C=N–C) groups is 1. The number of nitrogens with zero attached hydrogens (tertiary/aromatic N) is 2. The van der Waals surface area contributed by atoms with Gasteiger partial charge in [-0.05, 0) is 30.7 Å². The smallest absolute Gasteiger partial charge is 0.255 e. The lowest BCUT2D eigenvalue weighted by Gasteiger charge is -2.23. The van der Waals surface area contributed by atoms with Gasteiger partial charge in [-0.3, -0.25) is 9.78 Å². The number of nitrogens with one attached hydrogen (secondary N) is 2. The van der Waals surface area contributed by atoms with E-state index in [1.165, 1.54) is 18.5 Å². The van der Waals surface area contributed by atoms with Crippen LogP contribution >= 0.6 is 0 Å². The molecular weight excluding hydrogens is 323 g/mol. The Hall–Kier alpha value is -3.06. The summed E-state index contributed by atoms with van der Waals surface area (Å²) in [7, 11) is 0. The second-order valence-corrected chi connectivity index (χ2v) is 5.81. The minimum Gasteiger partial charge on any atom is -0.394 e. The summed E-state index contributed by atoms with van der Waals surface area (Å²) in [5, 5.41) is 0.708. The first kappa shape index (κ1) is 15.5. The molecule has 0 saturated heterocycles. The van der Waals surface area contributed by atoms with Crippen LogP contribution in [0.25, 0.3) is 22.2 Å². The fraction of sp³-hybridized carbons (Fsp3) is 0.167. The molecule has 3 aromatic rings. The van der Waals surface area contributed by atoms with Gasteiger partial charge in [0.1, 0.15) is 5.82 Å². The van der Waals surface area contributed by atoms with E-state index >= 15 is 0 Å². The molecule has 1 unspecified atom stereocenters. The summed E-state index contributed by atoms with van der Waals surface area (Å²) in [6.45, 7) is 1.90. The summed E-state index contributed by atoms with van der Waals surface area (Å²) in [5.74, 6) is -0.346. The van der Waals surface area contributed by atoms with Crippen molar-refractivity contribution in [2.45, 2.75) is 19.0 Å². The summed E-state index contributed by atoms with van der Waals surface area (Å²) in [6, 6.07) is 9.65. The molecule has 1 aliphatic rings. The lowest BCUT2D eigenvalue weighted by molar-refractivity contribution is 0.119. The highest BCUT2D eigenvalue weighted by molar-refractivity contribution is 5.92. The number of aromatic amines is 1. The Bertz CT molecular complexity index is 1050. The van der Waals surface area contributed by atoms with Gasteiger partial charge < -0.3 is 9.82 Å². The van der Waals surface area contributed by atoms with E-state index < -0.39 is 5.66 Å². The minimum absolute atomic E-state index is 0.263. The minimum atomic E-state index is -0.948. The number of benzene rings is 1. The first-order valence-electron chi connectivity index (χ1n) is 7.88. The molecular formula is C18H15FN4O2. The Balaban J connectivity index is 1.99. The van der Waals surface area contributed by atoms with Crippen LogP contribution in [0.5, 0.6) is 0 Å². The molecule has 0 bridgehead atoms. The van der Waals surface area contributed by atoms with Crippen LogP contribution in [0.2, 0.25) is 0 Å². The summed E-state index contributed by atoms with van der Waals surface area (Å²) in [5.41, 5.74) is 3.84. The molecule has 0 fully saturated rings. The monoisotopic (exact) mass is 338 g/mol. The van der Waals surface area contributed by atoms with E-state index in [4.69, 9.17) is 4.84 Å². The molecule has 2 N–H and O–H groups in total. The van der Waals surface area contributed by atoms with Gasteiger partial charge in [-0.2, -0.15) is 0 Å². The number of halogens is 1. The standard InChI is InChI=1S/C18H15FN4O2/c1-2-18(21-10-25-23-18)14-9-13-15(22-17(14)24)6-7-20-16(13)11-4-3-5-12(19)8-11/h3-10,23H,2H2,1H3,(H,22,24). The predicted octanol–water partition coefficient (Wildman–Crippen LogP) is 2.86. The highest BCUT2D eigenvalue weighted by atomic mass is 19.1. The molecule has 1 aromatic carbocycles. The Morgan fingerprint density at radius 3 is 2.88 bits per heavy atom. The number of pyridine rings is 2. The molecule has 4 rings (SSSR count). The highest BCUT2D eigenvalue weighted by Gasteiger charge is 2.36. The third-order valence-corrected chi connectivity index (χ3v) is 4.38. The van der Waals surface area contributed by atoms with Crippen LogP contribution in [-0.4, -0.2) is 16.4 Å². The van der Waals surface area contributed by atoms with E-state index in [0.717, 1.165) is 0 Å². The van der Waals surface area contributed by atoms with Crippen LogP contribution < -0.4 is 11.0 Å². The number of hydroxylamine groups is 1. The predicted molar refractivity (Wildman–Crippen MR) is 92.4 cm³/mol. The largest absolute Gasteiger partial charge is 0.394 e. The van der Waals surface area contributed by atoms with E-state index in [2.05, 4.69) is 20.4 Å². The van der Waals surface area contributed by atoms with Crippen LogP contribution in [0.15, 0.2) is 52.4 Å². The van der Waals surface area contributed by atoms with Gasteiger partial charge in [0, 0.05) is 17.1 Å². The molecule has 6 nitrogen and oxygen atoms in total. The van der Waals surface area contributed by atoms with Crippen molar-refractivity contribution in [3.8, 4) is 11.3 Å². The van der Waals surface area contributed by atoms with E-state index in [1.807, 2.05) is 6.92 Å². The fourth-order valence-electron chi connectivity index (χ4n) is 3.05. The number of hydrogen-bond acceptors (Lipinski definition) is 5. The molecule has 0 amide bonds. The van der Waals surface area contributed by atoms with Gasteiger partial charge in [0.15, 0.2) is 12.1 Å². The maximum Gasteiger partial charge on any atom is 0.255 e. The highest BCUT2D eigenvalue weighted by Crippen LogP contribution is 2.31. The fourth-order valence-corrected chi connectivity index (χ4v) is 3.05. The molecule has 0 spiro atoms. The topological polar surface area (TPSA) is 79.4 Å². The Labute approximate surface area is 142 Å². The average Bonchev–Trinajstić information content (AvgIpc) is 3.10. The maximum atomic E-state index is 13.6. The van der Waals surface area contributed by atoms with Gasteiger partial charge in [-0.1, -0.05) is 19.1 Å². The second kappa shape index (κ2) is 5.78. The van der Waals surface area contributed by atoms with Crippen molar-refractivity contribution in [2.75, 3.05) is 0 Å². The Morgan fingerprint density at radius 1 is 1.28 bits per heavy atom. The average molecular weight is 338 g/mol. The van der Waals surface area contributed by atoms with Gasteiger partial charge in [0.25, 0.3) is 5.56 Å². The van der Waals surface area contributed by atoms with Gasteiger partial charge >= 0.3 is 0 Å². The van der Waals surface area contributed by atoms with Crippen LogP contribution in [0.3, 0.4) is 0 Å². The Kier molecular flexibility index (Phi) is 3.58. The molecule has 25 heavy (non-hydrogen) atoms. The van der Waals surface area contributed by atoms with Crippen LogP contribution in [0.4, 0.5) is 4.39 Å². The molecule has 1 atom stereocenters. The number of fused-ring (bicyclic) bond motifs is 1. The number of rotatable bonds is 3. The molecule has 0 saturated carbocycles. The van der Waals surface area contributed by atoms with E-state index in [0.29, 0.717) is 34.1 Å².